The van der Waals surface area contributed by atoms with Gasteiger partial charge in [0, 0.05) is 5.56 Å². The van der Waals surface area contributed by atoms with Crippen molar-refractivity contribution >= 4 is 11.9 Å². The van der Waals surface area contributed by atoms with Gasteiger partial charge in [0.1, 0.15) is 6.04 Å². The number of carbonyl (C=O) groups excluding carboxylic acids is 2. The lowest BCUT2D eigenvalue weighted by atomic mass is 10.0. The molecule has 1 atom stereocenters. The monoisotopic (exact) mass is 363 g/mol. The number of benzene rings is 1. The average Bonchev–Trinajstić information content (AvgIpc) is 3.13. The van der Waals surface area contributed by atoms with Crippen molar-refractivity contribution in [2.75, 3.05) is 14.2 Å². The standard InChI is InChI=1S/C20H29NO5/c1-13(2)11-16(20(23)25-4)21-19(22)14-9-10-17(24-3)18(12-14)26-15-7-5-6-8-15/h9-10,12-13,15-16H,5-8,11H2,1-4H3,(H,21,22)/t16-/m0/s1. The van der Waals surface area contributed by atoms with Crippen molar-refractivity contribution in [2.45, 2.75) is 58.1 Å². The Kier molecular flexibility index (Phi) is 7.30. The molecule has 6 heteroatoms. The Morgan fingerprint density at radius 3 is 2.42 bits per heavy atom. The number of methoxy groups -OCH3 is 2. The Hall–Kier alpha value is -2.24. The molecule has 0 aromatic heterocycles. The normalized spacial score (nSPS) is 15.6. The van der Waals surface area contributed by atoms with Crippen molar-refractivity contribution in [1.29, 1.82) is 0 Å². The van der Waals surface area contributed by atoms with Gasteiger partial charge in [-0.3, -0.25) is 4.79 Å². The molecule has 0 spiro atoms. The third-order valence-electron chi connectivity index (χ3n) is 4.52. The van der Waals surface area contributed by atoms with Gasteiger partial charge in [-0.1, -0.05) is 13.8 Å². The van der Waals surface area contributed by atoms with Gasteiger partial charge in [-0.25, -0.2) is 4.79 Å². The fourth-order valence-electron chi connectivity index (χ4n) is 3.17. The second-order valence-electron chi connectivity index (χ2n) is 7.07. The first-order valence-electron chi connectivity index (χ1n) is 9.18. The molecule has 0 aliphatic heterocycles. The molecule has 0 saturated heterocycles. The molecule has 1 aliphatic carbocycles. The van der Waals surface area contributed by atoms with Gasteiger partial charge in [-0.15, -0.1) is 0 Å². The van der Waals surface area contributed by atoms with Crippen LogP contribution in [0.4, 0.5) is 0 Å². The Bertz CT molecular complexity index is 623. The van der Waals surface area contributed by atoms with Gasteiger partial charge < -0.3 is 19.5 Å². The number of ether oxygens (including phenoxy) is 3. The molecule has 1 N–H and O–H groups in total. The summed E-state index contributed by atoms with van der Waals surface area (Å²) in [5.74, 6) is 0.630. The van der Waals surface area contributed by atoms with E-state index in [0.29, 0.717) is 23.5 Å². The second kappa shape index (κ2) is 9.46. The quantitative estimate of drug-likeness (QED) is 0.717. The minimum Gasteiger partial charge on any atom is -0.493 e. The number of amides is 1. The predicted molar refractivity (Wildman–Crippen MR) is 98.6 cm³/mol. The van der Waals surface area contributed by atoms with E-state index in [1.807, 2.05) is 13.8 Å². The molecule has 0 bridgehead atoms. The van der Waals surface area contributed by atoms with Crippen LogP contribution in [0.1, 0.15) is 56.3 Å². The largest absolute Gasteiger partial charge is 0.493 e. The van der Waals surface area contributed by atoms with E-state index in [4.69, 9.17) is 14.2 Å². The predicted octanol–water partition coefficient (Wildman–Crippen LogP) is 3.33. The van der Waals surface area contributed by atoms with E-state index in [9.17, 15) is 9.59 Å². The topological polar surface area (TPSA) is 73.9 Å². The van der Waals surface area contributed by atoms with Gasteiger partial charge in [0.05, 0.1) is 20.3 Å². The maximum absolute atomic E-state index is 12.6. The van der Waals surface area contributed by atoms with Crippen LogP contribution in [0.15, 0.2) is 18.2 Å². The fourth-order valence-corrected chi connectivity index (χ4v) is 3.17. The summed E-state index contributed by atoms with van der Waals surface area (Å²) >= 11 is 0. The van der Waals surface area contributed by atoms with Crippen LogP contribution in [0.3, 0.4) is 0 Å². The Morgan fingerprint density at radius 2 is 1.85 bits per heavy atom. The maximum atomic E-state index is 12.6. The lowest BCUT2D eigenvalue weighted by molar-refractivity contribution is -0.143. The van der Waals surface area contributed by atoms with Crippen molar-refractivity contribution in [1.82, 2.24) is 5.32 Å². The number of carbonyl (C=O) groups is 2. The molecule has 26 heavy (non-hydrogen) atoms. The summed E-state index contributed by atoms with van der Waals surface area (Å²) in [5.41, 5.74) is 0.427. The summed E-state index contributed by atoms with van der Waals surface area (Å²) in [6.07, 6.45) is 5.01. The number of rotatable bonds is 8. The van der Waals surface area contributed by atoms with Crippen LogP contribution in [0, 0.1) is 5.92 Å². The van der Waals surface area contributed by atoms with Crippen LogP contribution in [-0.4, -0.2) is 38.2 Å². The second-order valence-corrected chi connectivity index (χ2v) is 7.07. The molecule has 0 heterocycles. The van der Waals surface area contributed by atoms with E-state index in [0.717, 1.165) is 25.7 Å². The zero-order valence-electron chi connectivity index (χ0n) is 16.0. The van der Waals surface area contributed by atoms with E-state index in [-0.39, 0.29) is 17.9 Å². The first-order chi connectivity index (χ1) is 12.4. The Labute approximate surface area is 155 Å². The van der Waals surface area contributed by atoms with Gasteiger partial charge in [-0.05, 0) is 56.2 Å². The molecule has 6 nitrogen and oxygen atoms in total. The van der Waals surface area contributed by atoms with E-state index < -0.39 is 12.0 Å². The molecule has 2 rings (SSSR count). The van der Waals surface area contributed by atoms with Gasteiger partial charge in [0.25, 0.3) is 5.91 Å². The first kappa shape index (κ1) is 20.1. The molecule has 1 aliphatic rings. The van der Waals surface area contributed by atoms with Crippen molar-refractivity contribution < 1.29 is 23.8 Å². The van der Waals surface area contributed by atoms with Crippen LogP contribution in [0.25, 0.3) is 0 Å². The van der Waals surface area contributed by atoms with E-state index in [1.165, 1.54) is 7.11 Å². The minimum atomic E-state index is -0.672. The van der Waals surface area contributed by atoms with Crippen molar-refractivity contribution in [3.63, 3.8) is 0 Å². The van der Waals surface area contributed by atoms with E-state index in [1.54, 1.807) is 25.3 Å². The van der Waals surface area contributed by atoms with Crippen molar-refractivity contribution in [3.05, 3.63) is 23.8 Å². The summed E-state index contributed by atoms with van der Waals surface area (Å²) in [7, 11) is 2.90. The lowest BCUT2D eigenvalue weighted by Gasteiger charge is -2.19. The average molecular weight is 363 g/mol. The van der Waals surface area contributed by atoms with E-state index >= 15 is 0 Å². The molecule has 1 aromatic carbocycles. The van der Waals surface area contributed by atoms with Crippen LogP contribution in [0.2, 0.25) is 0 Å². The number of hydrogen-bond donors (Lipinski definition) is 1. The molecule has 1 fully saturated rings. The number of hydrogen-bond acceptors (Lipinski definition) is 5. The summed E-state index contributed by atoms with van der Waals surface area (Å²) in [5, 5.41) is 2.76. The van der Waals surface area contributed by atoms with Crippen LogP contribution < -0.4 is 14.8 Å². The highest BCUT2D eigenvalue weighted by atomic mass is 16.5. The molecule has 1 amide bonds. The Balaban J connectivity index is 2.14. The summed E-state index contributed by atoms with van der Waals surface area (Å²) in [4.78, 5) is 24.6. The molecule has 0 unspecified atom stereocenters. The van der Waals surface area contributed by atoms with E-state index in [2.05, 4.69) is 5.32 Å². The minimum absolute atomic E-state index is 0.158. The molecule has 1 saturated carbocycles. The lowest BCUT2D eigenvalue weighted by Crippen LogP contribution is -2.42. The zero-order chi connectivity index (χ0) is 19.1. The highest BCUT2D eigenvalue weighted by molar-refractivity contribution is 5.97. The molecular weight excluding hydrogens is 334 g/mol. The molecule has 0 radical (unpaired) electrons. The highest BCUT2D eigenvalue weighted by Gasteiger charge is 2.24. The van der Waals surface area contributed by atoms with Gasteiger partial charge in [0.15, 0.2) is 11.5 Å². The first-order valence-corrected chi connectivity index (χ1v) is 9.18. The number of nitrogens with one attached hydrogen (secondary N) is 1. The summed E-state index contributed by atoms with van der Waals surface area (Å²) in [6, 6.07) is 4.39. The van der Waals surface area contributed by atoms with Gasteiger partial charge in [-0.2, -0.15) is 0 Å². The van der Waals surface area contributed by atoms with Crippen LogP contribution >= 0.6 is 0 Å². The van der Waals surface area contributed by atoms with Crippen LogP contribution in [-0.2, 0) is 9.53 Å². The van der Waals surface area contributed by atoms with Crippen molar-refractivity contribution in [3.8, 4) is 11.5 Å². The molecule has 1 aromatic rings. The van der Waals surface area contributed by atoms with Gasteiger partial charge in [0.2, 0.25) is 0 Å². The van der Waals surface area contributed by atoms with Gasteiger partial charge >= 0.3 is 5.97 Å². The number of esters is 1. The van der Waals surface area contributed by atoms with Crippen molar-refractivity contribution in [2.24, 2.45) is 5.92 Å². The SMILES string of the molecule is COC(=O)[C@H](CC(C)C)NC(=O)c1ccc(OC)c(OC2CCCC2)c1. The maximum Gasteiger partial charge on any atom is 0.328 e. The fraction of sp³-hybridized carbons (Fsp3) is 0.600. The third-order valence-corrected chi connectivity index (χ3v) is 4.52. The summed E-state index contributed by atoms with van der Waals surface area (Å²) in [6.45, 7) is 3.98. The summed E-state index contributed by atoms with van der Waals surface area (Å²) < 4.78 is 16.2. The zero-order valence-corrected chi connectivity index (χ0v) is 16.0. The smallest absolute Gasteiger partial charge is 0.328 e. The highest BCUT2D eigenvalue weighted by Crippen LogP contribution is 2.32. The Morgan fingerprint density at radius 1 is 1.15 bits per heavy atom. The van der Waals surface area contributed by atoms with Crippen LogP contribution in [0.5, 0.6) is 11.5 Å². The molecule has 144 valence electrons. The third kappa shape index (κ3) is 5.38. The molecular formula is C20H29NO5.